The largest absolute Gasteiger partial charge is 0.434 e. The molecule has 0 radical (unpaired) electrons. The van der Waals surface area contributed by atoms with E-state index in [0.29, 0.717) is 27.7 Å². The summed E-state index contributed by atoms with van der Waals surface area (Å²) in [4.78, 5) is 11.7. The summed E-state index contributed by atoms with van der Waals surface area (Å²) < 4.78 is 5.70. The molecule has 6 nitrogen and oxygen atoms in total. The smallest absolute Gasteiger partial charge is 0.267 e. The molecule has 0 fully saturated rings. The summed E-state index contributed by atoms with van der Waals surface area (Å²) in [5.74, 6) is 0.730. The molecule has 0 unspecified atom stereocenters. The van der Waals surface area contributed by atoms with Gasteiger partial charge in [-0.25, -0.2) is 5.10 Å². The van der Waals surface area contributed by atoms with Gasteiger partial charge in [0.25, 0.3) is 5.56 Å². The summed E-state index contributed by atoms with van der Waals surface area (Å²) in [5.41, 5.74) is 7.27. The first kappa shape index (κ1) is 15.2. The highest BCUT2D eigenvalue weighted by molar-refractivity contribution is 6.32. The van der Waals surface area contributed by atoms with Crippen molar-refractivity contribution in [1.82, 2.24) is 10.2 Å². The normalized spacial score (nSPS) is 10.7. The van der Waals surface area contributed by atoms with Crippen LogP contribution >= 0.6 is 11.6 Å². The molecule has 2 rings (SSSR count). The predicted octanol–water partition coefficient (Wildman–Crippen LogP) is 2.96. The Bertz CT molecular complexity index is 713. The third kappa shape index (κ3) is 3.28. The van der Waals surface area contributed by atoms with Gasteiger partial charge in [0.2, 0.25) is 5.88 Å². The monoisotopic (exact) mass is 308 g/mol. The highest BCUT2D eigenvalue weighted by Crippen LogP contribution is 2.37. The van der Waals surface area contributed by atoms with E-state index in [0.717, 1.165) is 0 Å². The third-order valence-electron chi connectivity index (χ3n) is 2.97. The van der Waals surface area contributed by atoms with Gasteiger partial charge in [-0.05, 0) is 18.1 Å². The van der Waals surface area contributed by atoms with E-state index < -0.39 is 0 Å². The van der Waals surface area contributed by atoms with Crippen LogP contribution in [0.4, 0.5) is 11.4 Å². The van der Waals surface area contributed by atoms with Crippen molar-refractivity contribution in [1.29, 1.82) is 0 Å². The maximum Gasteiger partial charge on any atom is 0.267 e. The number of hydrogen-bond donors (Lipinski definition) is 3. The van der Waals surface area contributed by atoms with Crippen LogP contribution in [0.2, 0.25) is 5.02 Å². The average Bonchev–Trinajstić information content (AvgIpc) is 2.42. The lowest BCUT2D eigenvalue weighted by Crippen LogP contribution is -2.15. The topological polar surface area (TPSA) is 93.0 Å². The van der Waals surface area contributed by atoms with Gasteiger partial charge in [-0.15, -0.1) is 5.10 Å². The maximum absolute atomic E-state index is 11.7. The number of anilines is 2. The molecule has 0 aliphatic rings. The Morgan fingerprint density at radius 1 is 1.38 bits per heavy atom. The minimum Gasteiger partial charge on any atom is -0.434 e. The van der Waals surface area contributed by atoms with Crippen molar-refractivity contribution < 1.29 is 4.74 Å². The molecule has 4 N–H and O–H groups in total. The summed E-state index contributed by atoms with van der Waals surface area (Å²) in [7, 11) is 1.73. The van der Waals surface area contributed by atoms with Gasteiger partial charge in [-0.1, -0.05) is 25.4 Å². The number of benzene rings is 1. The summed E-state index contributed by atoms with van der Waals surface area (Å²) in [6.07, 6.45) is 0. The van der Waals surface area contributed by atoms with Crippen LogP contribution < -0.4 is 21.3 Å². The van der Waals surface area contributed by atoms with Crippen molar-refractivity contribution in [2.45, 2.75) is 19.8 Å². The van der Waals surface area contributed by atoms with Gasteiger partial charge < -0.3 is 15.8 Å². The number of ether oxygens (including phenoxy) is 1. The van der Waals surface area contributed by atoms with Gasteiger partial charge in [-0.2, -0.15) is 0 Å². The number of nitrogens with two attached hydrogens (primary N) is 1. The number of H-pyrrole nitrogens is 1. The zero-order valence-corrected chi connectivity index (χ0v) is 12.8. The summed E-state index contributed by atoms with van der Waals surface area (Å²) in [5, 5.41) is 9.61. The zero-order valence-electron chi connectivity index (χ0n) is 12.0. The minimum absolute atomic E-state index is 0.0600. The second kappa shape index (κ2) is 6.05. The Kier molecular flexibility index (Phi) is 4.37. The molecule has 0 amide bonds. The number of nitrogens with one attached hydrogen (secondary N) is 2. The minimum atomic E-state index is -0.227. The molecule has 0 spiro atoms. The first-order valence-electron chi connectivity index (χ1n) is 6.46. The Hall–Kier alpha value is -2.21. The SMILES string of the molecule is CNc1cc(N)cc(Cl)c1Oc1cc(C(C)C)c(=O)[nH]n1. The van der Waals surface area contributed by atoms with Gasteiger partial charge in [0.15, 0.2) is 5.75 Å². The summed E-state index contributed by atoms with van der Waals surface area (Å²) in [6.45, 7) is 3.84. The fourth-order valence-corrected chi connectivity index (χ4v) is 2.16. The molecular weight excluding hydrogens is 292 g/mol. The van der Waals surface area contributed by atoms with Gasteiger partial charge in [0.05, 0.1) is 10.7 Å². The van der Waals surface area contributed by atoms with E-state index in [1.54, 1.807) is 25.2 Å². The first-order valence-corrected chi connectivity index (χ1v) is 6.84. The van der Waals surface area contributed by atoms with Crippen LogP contribution in [0, 0.1) is 0 Å². The molecule has 0 atom stereocenters. The van der Waals surface area contributed by atoms with Gasteiger partial charge >= 0.3 is 0 Å². The molecule has 0 aliphatic heterocycles. The molecule has 1 heterocycles. The van der Waals surface area contributed by atoms with Crippen molar-refractivity contribution in [2.24, 2.45) is 0 Å². The Morgan fingerprint density at radius 3 is 2.71 bits per heavy atom. The fourth-order valence-electron chi connectivity index (χ4n) is 1.89. The maximum atomic E-state index is 11.7. The van der Waals surface area contributed by atoms with Crippen LogP contribution in [0.3, 0.4) is 0 Å². The molecule has 0 bridgehead atoms. The Labute approximate surface area is 127 Å². The first-order chi connectivity index (χ1) is 9.92. The van der Waals surface area contributed by atoms with E-state index in [1.165, 1.54) is 0 Å². The number of hydrogen-bond acceptors (Lipinski definition) is 5. The van der Waals surface area contributed by atoms with Crippen LogP contribution in [0.25, 0.3) is 0 Å². The van der Waals surface area contributed by atoms with Crippen molar-refractivity contribution in [3.05, 3.63) is 39.1 Å². The number of aromatic nitrogens is 2. The summed E-state index contributed by atoms with van der Waals surface area (Å²) in [6, 6.07) is 4.90. The number of nitrogens with zero attached hydrogens (tertiary/aromatic N) is 1. The lowest BCUT2D eigenvalue weighted by atomic mass is 10.1. The number of halogens is 1. The van der Waals surface area contributed by atoms with Crippen LogP contribution in [0.5, 0.6) is 11.6 Å². The Balaban J connectivity index is 2.43. The lowest BCUT2D eigenvalue weighted by Gasteiger charge is -2.13. The fraction of sp³-hybridized carbons (Fsp3) is 0.286. The standard InChI is InChI=1S/C14H17ClN4O2/c1-7(2)9-6-12(18-19-14(9)20)21-13-10(15)4-8(16)5-11(13)17-3/h4-7,17H,16H2,1-3H3,(H,19,20). The number of nitrogen functional groups attached to an aromatic ring is 1. The number of aromatic amines is 1. The van der Waals surface area contributed by atoms with Crippen LogP contribution in [0.1, 0.15) is 25.3 Å². The molecule has 1 aromatic heterocycles. The highest BCUT2D eigenvalue weighted by atomic mass is 35.5. The number of rotatable bonds is 4. The van der Waals surface area contributed by atoms with E-state index in [-0.39, 0.29) is 17.4 Å². The van der Waals surface area contributed by atoms with Crippen molar-refractivity contribution in [3.8, 4) is 11.6 Å². The molecule has 2 aromatic rings. The average molecular weight is 309 g/mol. The predicted molar refractivity (Wildman–Crippen MR) is 84.4 cm³/mol. The highest BCUT2D eigenvalue weighted by Gasteiger charge is 2.13. The zero-order chi connectivity index (χ0) is 15.6. The molecule has 1 aromatic carbocycles. The van der Waals surface area contributed by atoms with Crippen molar-refractivity contribution in [3.63, 3.8) is 0 Å². The Morgan fingerprint density at radius 2 is 2.10 bits per heavy atom. The molecular formula is C14H17ClN4O2. The molecule has 0 saturated heterocycles. The van der Waals surface area contributed by atoms with E-state index in [4.69, 9.17) is 22.1 Å². The molecule has 112 valence electrons. The van der Waals surface area contributed by atoms with E-state index in [1.807, 2.05) is 13.8 Å². The van der Waals surface area contributed by atoms with Gasteiger partial charge in [0, 0.05) is 24.4 Å². The second-order valence-corrected chi connectivity index (χ2v) is 5.28. The third-order valence-corrected chi connectivity index (χ3v) is 3.25. The molecule has 21 heavy (non-hydrogen) atoms. The quantitative estimate of drug-likeness (QED) is 0.755. The van der Waals surface area contributed by atoms with E-state index in [2.05, 4.69) is 15.5 Å². The van der Waals surface area contributed by atoms with Crippen LogP contribution in [0.15, 0.2) is 23.0 Å². The molecule has 0 aliphatic carbocycles. The van der Waals surface area contributed by atoms with Gasteiger partial charge in [0.1, 0.15) is 0 Å². The summed E-state index contributed by atoms with van der Waals surface area (Å²) >= 11 is 6.15. The van der Waals surface area contributed by atoms with Crippen molar-refractivity contribution >= 4 is 23.0 Å². The van der Waals surface area contributed by atoms with E-state index in [9.17, 15) is 4.79 Å². The molecule has 0 saturated carbocycles. The van der Waals surface area contributed by atoms with E-state index >= 15 is 0 Å². The second-order valence-electron chi connectivity index (χ2n) is 4.88. The lowest BCUT2D eigenvalue weighted by molar-refractivity contribution is 0.454. The van der Waals surface area contributed by atoms with Crippen LogP contribution in [-0.4, -0.2) is 17.2 Å². The van der Waals surface area contributed by atoms with Gasteiger partial charge in [-0.3, -0.25) is 4.79 Å². The van der Waals surface area contributed by atoms with Crippen molar-refractivity contribution in [2.75, 3.05) is 18.1 Å². The molecule has 7 heteroatoms. The van der Waals surface area contributed by atoms with Crippen LogP contribution in [-0.2, 0) is 0 Å².